The van der Waals surface area contributed by atoms with Crippen LogP contribution in [0.3, 0.4) is 0 Å². The van der Waals surface area contributed by atoms with Crippen molar-refractivity contribution >= 4 is 33.2 Å². The van der Waals surface area contributed by atoms with Gasteiger partial charge in [-0.2, -0.15) is 13.2 Å². The Morgan fingerprint density at radius 3 is 2.38 bits per heavy atom. The predicted molar refractivity (Wildman–Crippen MR) is 81.1 cm³/mol. The molecule has 0 bridgehead atoms. The zero-order valence-electron chi connectivity index (χ0n) is 11.4. The van der Waals surface area contributed by atoms with Crippen molar-refractivity contribution in [2.24, 2.45) is 5.92 Å². The highest BCUT2D eigenvalue weighted by Gasteiger charge is 2.41. The molecule has 1 aliphatic rings. The molecule has 0 radical (unpaired) electrons. The van der Waals surface area contributed by atoms with Crippen molar-refractivity contribution in [1.82, 2.24) is 0 Å². The smallest absolute Gasteiger partial charge is 0.391 e. The van der Waals surface area contributed by atoms with Gasteiger partial charge in [0.05, 0.1) is 23.2 Å². The van der Waals surface area contributed by atoms with Crippen molar-refractivity contribution < 1.29 is 17.9 Å². The number of rotatable bonds is 3. The molecule has 1 aromatic rings. The van der Waals surface area contributed by atoms with Gasteiger partial charge in [0.1, 0.15) is 0 Å². The Kier molecular flexibility index (Phi) is 5.30. The van der Waals surface area contributed by atoms with Gasteiger partial charge in [0.15, 0.2) is 5.75 Å². The van der Waals surface area contributed by atoms with Crippen molar-refractivity contribution in [3.8, 4) is 5.75 Å². The summed E-state index contributed by atoms with van der Waals surface area (Å²) in [6, 6.07) is 3.44. The lowest BCUT2D eigenvalue weighted by Crippen LogP contribution is -2.32. The number of anilines is 1. The number of hydrogen-bond acceptors (Lipinski definition) is 2. The first-order chi connectivity index (χ1) is 9.81. The normalized spacial score (nSPS) is 23.0. The molecule has 0 unspecified atom stereocenters. The van der Waals surface area contributed by atoms with Crippen molar-refractivity contribution in [3.63, 3.8) is 0 Å². The van der Waals surface area contributed by atoms with Gasteiger partial charge in [-0.05, 0) is 53.7 Å². The van der Waals surface area contributed by atoms with E-state index >= 15 is 0 Å². The molecule has 0 spiro atoms. The molecule has 2 nitrogen and oxygen atoms in total. The van der Waals surface area contributed by atoms with Crippen LogP contribution in [0, 0.1) is 5.92 Å². The molecule has 2 rings (SSSR count). The zero-order chi connectivity index (χ0) is 15.6. The third kappa shape index (κ3) is 4.19. The number of hydrogen-bond donors (Lipinski definition) is 1. The Morgan fingerprint density at radius 1 is 1.24 bits per heavy atom. The maximum absolute atomic E-state index is 12.7. The molecule has 0 heterocycles. The van der Waals surface area contributed by atoms with Crippen LogP contribution in [0.1, 0.15) is 25.7 Å². The van der Waals surface area contributed by atoms with Gasteiger partial charge in [0.25, 0.3) is 0 Å². The third-order valence-electron chi connectivity index (χ3n) is 3.76. The summed E-state index contributed by atoms with van der Waals surface area (Å²) in [4.78, 5) is 0. The fraction of sp³-hybridized carbons (Fsp3) is 0.571. The summed E-state index contributed by atoms with van der Waals surface area (Å²) in [6.45, 7) is 0. The molecule has 7 heteroatoms. The van der Waals surface area contributed by atoms with E-state index in [9.17, 15) is 13.2 Å². The summed E-state index contributed by atoms with van der Waals surface area (Å²) in [5.74, 6) is -0.569. The average molecular weight is 387 g/mol. The van der Waals surface area contributed by atoms with E-state index in [0.717, 1.165) is 0 Å². The molecule has 21 heavy (non-hydrogen) atoms. The second-order valence-corrected chi connectivity index (χ2v) is 6.49. The Balaban J connectivity index is 2.04. The first kappa shape index (κ1) is 16.7. The number of methoxy groups -OCH3 is 1. The molecule has 1 N–H and O–H groups in total. The van der Waals surface area contributed by atoms with Gasteiger partial charge in [-0.3, -0.25) is 0 Å². The molecule has 1 saturated carbocycles. The summed E-state index contributed by atoms with van der Waals surface area (Å²) >= 11 is 9.37. The minimum atomic E-state index is -4.08. The summed E-state index contributed by atoms with van der Waals surface area (Å²) in [7, 11) is 1.54. The second kappa shape index (κ2) is 6.65. The lowest BCUT2D eigenvalue weighted by Gasteiger charge is -2.31. The van der Waals surface area contributed by atoms with Crippen LogP contribution in [0.2, 0.25) is 5.02 Å². The summed E-state index contributed by atoms with van der Waals surface area (Å²) in [6.07, 6.45) is -2.80. The van der Waals surface area contributed by atoms with Crippen LogP contribution in [0.4, 0.5) is 18.9 Å². The van der Waals surface area contributed by atoms with E-state index in [-0.39, 0.29) is 18.9 Å². The van der Waals surface area contributed by atoms with Crippen molar-refractivity contribution in [1.29, 1.82) is 0 Å². The van der Waals surface area contributed by atoms with Crippen molar-refractivity contribution in [3.05, 3.63) is 21.6 Å². The Morgan fingerprint density at radius 2 is 1.86 bits per heavy atom. The lowest BCUT2D eigenvalue weighted by molar-refractivity contribution is -0.182. The van der Waals surface area contributed by atoms with Crippen LogP contribution in [0.15, 0.2) is 16.6 Å². The number of ether oxygens (including phenoxy) is 1. The Bertz CT molecular complexity index is 502. The van der Waals surface area contributed by atoms with Gasteiger partial charge in [-0.1, -0.05) is 11.6 Å². The first-order valence-corrected chi connectivity index (χ1v) is 7.84. The Hall–Kier alpha value is -0.620. The number of benzene rings is 1. The quantitative estimate of drug-likeness (QED) is 0.725. The number of halogens is 5. The fourth-order valence-electron chi connectivity index (χ4n) is 2.66. The van der Waals surface area contributed by atoms with Crippen LogP contribution in [0.5, 0.6) is 5.75 Å². The maximum Gasteiger partial charge on any atom is 0.391 e. The summed E-state index contributed by atoms with van der Waals surface area (Å²) < 4.78 is 44.0. The fourth-order valence-corrected chi connectivity index (χ4v) is 3.63. The van der Waals surface area contributed by atoms with Crippen LogP contribution in [0.25, 0.3) is 0 Å². The molecule has 1 aromatic carbocycles. The summed E-state index contributed by atoms with van der Waals surface area (Å²) in [5.41, 5.74) is 0.701. The van der Waals surface area contributed by atoms with E-state index in [1.165, 1.54) is 0 Å². The van der Waals surface area contributed by atoms with Gasteiger partial charge in [0.2, 0.25) is 0 Å². The zero-order valence-corrected chi connectivity index (χ0v) is 13.8. The van der Waals surface area contributed by atoms with Crippen LogP contribution in [-0.4, -0.2) is 19.3 Å². The van der Waals surface area contributed by atoms with Crippen molar-refractivity contribution in [2.45, 2.75) is 37.9 Å². The van der Waals surface area contributed by atoms with Gasteiger partial charge in [0, 0.05) is 11.1 Å². The molecular weight excluding hydrogens is 371 g/mol. The third-order valence-corrected chi connectivity index (χ3v) is 4.57. The first-order valence-electron chi connectivity index (χ1n) is 6.67. The van der Waals surface area contributed by atoms with E-state index in [0.29, 0.717) is 33.8 Å². The molecule has 1 aliphatic carbocycles. The van der Waals surface area contributed by atoms with Gasteiger partial charge in [-0.25, -0.2) is 0 Å². The predicted octanol–water partition coefficient (Wildman–Crippen LogP) is 5.64. The molecule has 0 amide bonds. The number of alkyl halides is 3. The largest absolute Gasteiger partial charge is 0.493 e. The molecule has 0 aliphatic heterocycles. The van der Waals surface area contributed by atoms with E-state index < -0.39 is 12.1 Å². The lowest BCUT2D eigenvalue weighted by atomic mass is 9.85. The highest BCUT2D eigenvalue weighted by molar-refractivity contribution is 9.10. The minimum Gasteiger partial charge on any atom is -0.493 e. The Labute approximate surface area is 135 Å². The highest BCUT2D eigenvalue weighted by Crippen LogP contribution is 2.41. The van der Waals surface area contributed by atoms with E-state index in [1.807, 2.05) is 0 Å². The molecule has 1 fully saturated rings. The SMILES string of the molecule is COc1c(Br)cc(Cl)cc1NC1CCC(C(F)(F)F)CC1. The van der Waals surface area contributed by atoms with Gasteiger partial charge < -0.3 is 10.1 Å². The minimum absolute atomic E-state index is 0.00265. The van der Waals surface area contributed by atoms with Crippen LogP contribution < -0.4 is 10.1 Å². The molecule has 0 saturated heterocycles. The van der Waals surface area contributed by atoms with E-state index in [4.69, 9.17) is 16.3 Å². The van der Waals surface area contributed by atoms with Gasteiger partial charge >= 0.3 is 6.18 Å². The van der Waals surface area contributed by atoms with E-state index in [1.54, 1.807) is 19.2 Å². The molecular formula is C14H16BrClF3NO. The standard InChI is InChI=1S/C14H16BrClF3NO/c1-21-13-11(15)6-9(16)7-12(13)20-10-4-2-8(3-5-10)14(17,18)19/h6-8,10,20H,2-5H2,1H3. The molecule has 0 atom stereocenters. The number of nitrogens with one attached hydrogen (secondary N) is 1. The van der Waals surface area contributed by atoms with Crippen LogP contribution >= 0.6 is 27.5 Å². The molecule has 0 aromatic heterocycles. The highest BCUT2D eigenvalue weighted by atomic mass is 79.9. The average Bonchev–Trinajstić information content (AvgIpc) is 2.38. The van der Waals surface area contributed by atoms with Gasteiger partial charge in [-0.15, -0.1) is 0 Å². The summed E-state index contributed by atoms with van der Waals surface area (Å²) in [5, 5.41) is 3.78. The van der Waals surface area contributed by atoms with Crippen molar-refractivity contribution in [2.75, 3.05) is 12.4 Å². The topological polar surface area (TPSA) is 21.3 Å². The van der Waals surface area contributed by atoms with E-state index in [2.05, 4.69) is 21.2 Å². The molecule has 118 valence electrons. The van der Waals surface area contributed by atoms with Crippen LogP contribution in [-0.2, 0) is 0 Å². The maximum atomic E-state index is 12.7. The second-order valence-electron chi connectivity index (χ2n) is 5.20. The monoisotopic (exact) mass is 385 g/mol.